The van der Waals surface area contributed by atoms with Crippen molar-refractivity contribution < 1.29 is 4.79 Å². The van der Waals surface area contributed by atoms with Crippen molar-refractivity contribution in [1.82, 2.24) is 0 Å². The number of nitrogens with zero attached hydrogens (tertiary/aromatic N) is 1. The monoisotopic (exact) mass is 384 g/mol. The normalized spacial score (nSPS) is 11.0. The van der Waals surface area contributed by atoms with E-state index in [0.717, 1.165) is 0 Å². The first-order valence-corrected chi connectivity index (χ1v) is 7.75. The van der Waals surface area contributed by atoms with Crippen LogP contribution < -0.4 is 5.32 Å². The Bertz CT molecular complexity index is 820. The van der Waals surface area contributed by atoms with Crippen molar-refractivity contribution in [2.75, 3.05) is 5.32 Å². The Morgan fingerprint density at radius 3 is 2.30 bits per heavy atom. The standard InChI is InChI=1S/C16H8Cl4N2O/c17-10-4-5-14(20)15(7-10)22-16(23)9(8-21)6-11-12(18)2-1-3-13(11)19/h1-7H,(H,22,23). The molecular formula is C16H8Cl4N2O. The lowest BCUT2D eigenvalue weighted by molar-refractivity contribution is -0.112. The summed E-state index contributed by atoms with van der Waals surface area (Å²) in [5, 5.41) is 13.1. The van der Waals surface area contributed by atoms with E-state index in [2.05, 4.69) is 5.32 Å². The van der Waals surface area contributed by atoms with Crippen LogP contribution >= 0.6 is 46.4 Å². The minimum Gasteiger partial charge on any atom is -0.320 e. The molecule has 2 aromatic carbocycles. The minimum absolute atomic E-state index is 0.170. The van der Waals surface area contributed by atoms with Crippen LogP contribution in [-0.4, -0.2) is 5.91 Å². The second-order valence-electron chi connectivity index (χ2n) is 4.38. The Hall–Kier alpha value is -1.70. The Morgan fingerprint density at radius 2 is 1.70 bits per heavy atom. The lowest BCUT2D eigenvalue weighted by atomic mass is 10.1. The zero-order chi connectivity index (χ0) is 17.0. The predicted octanol–water partition coefficient (Wildman–Crippen LogP) is 5.85. The summed E-state index contributed by atoms with van der Waals surface area (Å²) in [6.07, 6.45) is 1.32. The average Bonchev–Trinajstić information content (AvgIpc) is 2.50. The molecule has 0 heterocycles. The molecule has 0 spiro atoms. The fourth-order valence-corrected chi connectivity index (χ4v) is 2.57. The van der Waals surface area contributed by atoms with Crippen molar-refractivity contribution in [2.24, 2.45) is 0 Å². The van der Waals surface area contributed by atoms with Crippen LogP contribution in [0, 0.1) is 11.3 Å². The molecule has 0 atom stereocenters. The Labute approximate surface area is 153 Å². The van der Waals surface area contributed by atoms with Gasteiger partial charge in [-0.3, -0.25) is 4.79 Å². The summed E-state index contributed by atoms with van der Waals surface area (Å²) in [5.41, 5.74) is 0.520. The van der Waals surface area contributed by atoms with Gasteiger partial charge < -0.3 is 5.32 Å². The number of halogens is 4. The maximum absolute atomic E-state index is 12.2. The van der Waals surface area contributed by atoms with Crippen molar-refractivity contribution in [3.05, 3.63) is 67.6 Å². The smallest absolute Gasteiger partial charge is 0.266 e. The first-order chi connectivity index (χ1) is 10.9. The Balaban J connectivity index is 2.34. The van der Waals surface area contributed by atoms with E-state index < -0.39 is 5.91 Å². The lowest BCUT2D eigenvalue weighted by Gasteiger charge is -2.07. The van der Waals surface area contributed by atoms with E-state index >= 15 is 0 Å². The van der Waals surface area contributed by atoms with Crippen molar-refractivity contribution in [2.45, 2.75) is 0 Å². The summed E-state index contributed by atoms with van der Waals surface area (Å²) in [6, 6.07) is 11.3. The van der Waals surface area contributed by atoms with E-state index in [4.69, 9.17) is 46.4 Å². The van der Waals surface area contributed by atoms with E-state index in [0.29, 0.717) is 31.3 Å². The molecule has 116 valence electrons. The lowest BCUT2D eigenvalue weighted by Crippen LogP contribution is -2.13. The number of anilines is 1. The molecule has 1 N–H and O–H groups in total. The molecule has 2 aromatic rings. The maximum Gasteiger partial charge on any atom is 0.266 e. The molecular weight excluding hydrogens is 378 g/mol. The van der Waals surface area contributed by atoms with Gasteiger partial charge in [-0.15, -0.1) is 0 Å². The highest BCUT2D eigenvalue weighted by atomic mass is 35.5. The Morgan fingerprint density at radius 1 is 1.04 bits per heavy atom. The second-order valence-corrected chi connectivity index (χ2v) is 6.04. The minimum atomic E-state index is -0.646. The molecule has 2 rings (SSSR count). The molecule has 0 aliphatic carbocycles. The summed E-state index contributed by atoms with van der Waals surface area (Å²) in [5.74, 6) is -0.646. The van der Waals surface area contributed by atoms with Gasteiger partial charge in [-0.2, -0.15) is 5.26 Å². The number of carbonyl (C=O) groups excluding carboxylic acids is 1. The highest BCUT2D eigenvalue weighted by Crippen LogP contribution is 2.28. The van der Waals surface area contributed by atoms with E-state index in [9.17, 15) is 10.1 Å². The number of rotatable bonds is 3. The zero-order valence-electron chi connectivity index (χ0n) is 11.4. The summed E-state index contributed by atoms with van der Waals surface area (Å²) in [6.45, 7) is 0. The maximum atomic E-state index is 12.2. The quantitative estimate of drug-likeness (QED) is 0.532. The molecule has 3 nitrogen and oxygen atoms in total. The zero-order valence-corrected chi connectivity index (χ0v) is 14.4. The van der Waals surface area contributed by atoms with E-state index in [1.807, 2.05) is 6.07 Å². The van der Waals surface area contributed by atoms with Gasteiger partial charge in [0.15, 0.2) is 0 Å². The van der Waals surface area contributed by atoms with Crippen molar-refractivity contribution in [3.63, 3.8) is 0 Å². The van der Waals surface area contributed by atoms with Crippen LogP contribution in [0.25, 0.3) is 6.08 Å². The average molecular weight is 386 g/mol. The summed E-state index contributed by atoms with van der Waals surface area (Å²) < 4.78 is 0. The van der Waals surface area contributed by atoms with Crippen molar-refractivity contribution >= 4 is 64.1 Å². The Kier molecular flexibility index (Phi) is 5.92. The summed E-state index contributed by atoms with van der Waals surface area (Å²) in [7, 11) is 0. The third-order valence-electron chi connectivity index (χ3n) is 2.83. The molecule has 0 fully saturated rings. The number of nitrogens with one attached hydrogen (secondary N) is 1. The largest absolute Gasteiger partial charge is 0.320 e. The summed E-state index contributed by atoms with van der Waals surface area (Å²) >= 11 is 23.9. The van der Waals surface area contributed by atoms with Gasteiger partial charge in [0.25, 0.3) is 5.91 Å². The molecule has 0 aliphatic heterocycles. The first-order valence-electron chi connectivity index (χ1n) is 6.24. The van der Waals surface area contributed by atoms with Crippen LogP contribution in [0.2, 0.25) is 20.1 Å². The van der Waals surface area contributed by atoms with Gasteiger partial charge in [0, 0.05) is 20.6 Å². The molecule has 0 saturated heterocycles. The van der Waals surface area contributed by atoms with Gasteiger partial charge >= 0.3 is 0 Å². The first kappa shape index (κ1) is 17.7. The highest BCUT2D eigenvalue weighted by Gasteiger charge is 2.13. The number of carbonyl (C=O) groups is 1. The van der Waals surface area contributed by atoms with Crippen LogP contribution in [0.4, 0.5) is 5.69 Å². The van der Waals surface area contributed by atoms with Gasteiger partial charge in [0.05, 0.1) is 10.7 Å². The SMILES string of the molecule is N#CC(=Cc1c(Cl)cccc1Cl)C(=O)Nc1cc(Cl)ccc1Cl. The van der Waals surface area contributed by atoms with E-state index in [-0.39, 0.29) is 5.57 Å². The predicted molar refractivity (Wildman–Crippen MR) is 95.1 cm³/mol. The van der Waals surface area contributed by atoms with Gasteiger partial charge in [-0.25, -0.2) is 0 Å². The van der Waals surface area contributed by atoms with Crippen LogP contribution in [0.15, 0.2) is 42.0 Å². The third-order valence-corrected chi connectivity index (χ3v) is 4.05. The van der Waals surface area contributed by atoms with Crippen LogP contribution in [0.3, 0.4) is 0 Å². The number of nitriles is 1. The molecule has 1 amide bonds. The van der Waals surface area contributed by atoms with Crippen molar-refractivity contribution in [3.8, 4) is 6.07 Å². The van der Waals surface area contributed by atoms with Crippen LogP contribution in [0.5, 0.6) is 0 Å². The van der Waals surface area contributed by atoms with E-state index in [1.54, 1.807) is 30.3 Å². The number of hydrogen-bond donors (Lipinski definition) is 1. The van der Waals surface area contributed by atoms with Crippen LogP contribution in [-0.2, 0) is 4.79 Å². The number of amides is 1. The van der Waals surface area contributed by atoms with Gasteiger partial charge in [0.2, 0.25) is 0 Å². The van der Waals surface area contributed by atoms with Gasteiger partial charge in [-0.1, -0.05) is 52.5 Å². The molecule has 0 aliphatic rings. The molecule has 0 aromatic heterocycles. The fourth-order valence-electron chi connectivity index (χ4n) is 1.72. The molecule has 0 saturated carbocycles. The third kappa shape index (κ3) is 4.40. The van der Waals surface area contributed by atoms with E-state index in [1.165, 1.54) is 12.1 Å². The van der Waals surface area contributed by atoms with Crippen LogP contribution in [0.1, 0.15) is 5.56 Å². The number of benzene rings is 2. The number of hydrogen-bond acceptors (Lipinski definition) is 2. The topological polar surface area (TPSA) is 52.9 Å². The highest BCUT2D eigenvalue weighted by molar-refractivity contribution is 6.38. The second kappa shape index (κ2) is 7.72. The molecule has 23 heavy (non-hydrogen) atoms. The molecule has 0 unspecified atom stereocenters. The summed E-state index contributed by atoms with van der Waals surface area (Å²) in [4.78, 5) is 12.2. The molecule has 0 radical (unpaired) electrons. The van der Waals surface area contributed by atoms with Gasteiger partial charge in [-0.05, 0) is 36.4 Å². The molecule has 7 heteroatoms. The molecule has 0 bridgehead atoms. The van der Waals surface area contributed by atoms with Crippen molar-refractivity contribution in [1.29, 1.82) is 5.26 Å². The van der Waals surface area contributed by atoms with Gasteiger partial charge in [0.1, 0.15) is 11.6 Å². The fraction of sp³-hybridized carbons (Fsp3) is 0.